The fourth-order valence-corrected chi connectivity index (χ4v) is 1.01. The van der Waals surface area contributed by atoms with Gasteiger partial charge in [0.1, 0.15) is 19.3 Å². The smallest absolute Gasteiger partial charge is 0.327 e. The van der Waals surface area contributed by atoms with Crippen molar-refractivity contribution in [2.45, 2.75) is 18.9 Å². The predicted molar refractivity (Wildman–Crippen MR) is 66.8 cm³/mol. The highest BCUT2D eigenvalue weighted by Gasteiger charge is 2.08. The van der Waals surface area contributed by atoms with Crippen LogP contribution in [-0.4, -0.2) is 56.0 Å². The van der Waals surface area contributed by atoms with E-state index in [1.54, 1.807) is 0 Å². The maximum Gasteiger partial charge on any atom is 0.327 e. The number of guanidine groups is 1. The highest BCUT2D eigenvalue weighted by molar-refractivity contribution is 5.80. The van der Waals surface area contributed by atoms with Crippen molar-refractivity contribution in [1.29, 1.82) is 0 Å². The molecule has 1 atom stereocenters. The van der Waals surface area contributed by atoms with Crippen LogP contribution in [0, 0.1) is 0 Å². The number of carbonyl (C=O) groups is 1. The van der Waals surface area contributed by atoms with Crippen molar-refractivity contribution in [3.8, 4) is 0 Å². The molecule has 0 radical (unpaired) electrons. The Kier molecular flexibility index (Phi) is 9.93. The number of aliphatic hydroxyl groups excluding tert-OH is 1. The van der Waals surface area contributed by atoms with E-state index in [-0.39, 0.29) is 25.7 Å². The van der Waals surface area contributed by atoms with Gasteiger partial charge in [0.05, 0.1) is 6.61 Å². The molecule has 7 N–H and O–H groups in total. The predicted octanol–water partition coefficient (Wildman–Crippen LogP) is -2.08. The molecule has 8 heteroatoms. The van der Waals surface area contributed by atoms with E-state index in [0.29, 0.717) is 13.2 Å². The summed E-state index contributed by atoms with van der Waals surface area (Å²) in [6.45, 7) is 0.854. The molecule has 0 heterocycles. The summed E-state index contributed by atoms with van der Waals surface area (Å²) in [5.74, 6) is -0.790. The van der Waals surface area contributed by atoms with Crippen LogP contribution in [0.5, 0.6) is 0 Å². The van der Waals surface area contributed by atoms with Gasteiger partial charge in [-0.05, 0) is 19.4 Å². The Hall–Kier alpha value is -1.38. The molecule has 0 fully saturated rings. The Morgan fingerprint density at radius 3 is 2.61 bits per heavy atom. The van der Waals surface area contributed by atoms with E-state index in [1.807, 2.05) is 0 Å². The van der Waals surface area contributed by atoms with Crippen LogP contribution in [-0.2, 0) is 14.3 Å². The Morgan fingerprint density at radius 2 is 2.00 bits per heavy atom. The molecule has 1 unspecified atom stereocenters. The molecule has 0 aliphatic rings. The summed E-state index contributed by atoms with van der Waals surface area (Å²) in [6.07, 6.45) is 0.864. The maximum absolute atomic E-state index is 11.1. The molecule has 0 saturated heterocycles. The second-order valence-corrected chi connectivity index (χ2v) is 3.65. The van der Waals surface area contributed by atoms with Gasteiger partial charge in [-0.2, -0.15) is 0 Å². The Bertz CT molecular complexity index is 256. The maximum atomic E-state index is 11.1. The summed E-state index contributed by atoms with van der Waals surface area (Å²) in [6, 6.07) is 0. The highest BCUT2D eigenvalue weighted by atomic mass is 16.5. The van der Waals surface area contributed by atoms with Gasteiger partial charge in [0.25, 0.3) is 0 Å². The molecule has 8 nitrogen and oxygen atoms in total. The fraction of sp³-hybridized carbons (Fsp3) is 0.800. The average molecular weight is 262 g/mol. The molecule has 0 aliphatic heterocycles. The quantitative estimate of drug-likeness (QED) is 0.153. The third-order valence-electron chi connectivity index (χ3n) is 1.88. The second kappa shape index (κ2) is 10.8. The molecule has 106 valence electrons. The van der Waals surface area contributed by atoms with E-state index in [9.17, 15) is 9.90 Å². The molecule has 0 aliphatic carbocycles. The van der Waals surface area contributed by atoms with Crippen molar-refractivity contribution in [2.24, 2.45) is 22.2 Å². The SMILES string of the molecule is NCCCCOCC(O)COC(=O)CN=C(N)N. The molecule has 0 rings (SSSR count). The van der Waals surface area contributed by atoms with Crippen LogP contribution in [0.3, 0.4) is 0 Å². The van der Waals surface area contributed by atoms with Crippen LogP contribution in [0.15, 0.2) is 4.99 Å². The van der Waals surface area contributed by atoms with Crippen molar-refractivity contribution in [3.05, 3.63) is 0 Å². The van der Waals surface area contributed by atoms with Crippen molar-refractivity contribution in [3.63, 3.8) is 0 Å². The topological polar surface area (TPSA) is 146 Å². The summed E-state index contributed by atoms with van der Waals surface area (Å²) in [4.78, 5) is 14.5. The van der Waals surface area contributed by atoms with Gasteiger partial charge in [0.2, 0.25) is 0 Å². The molecule has 0 amide bonds. The van der Waals surface area contributed by atoms with Gasteiger partial charge in [-0.3, -0.25) is 4.79 Å². The molecule has 18 heavy (non-hydrogen) atoms. The van der Waals surface area contributed by atoms with Gasteiger partial charge >= 0.3 is 5.97 Å². The number of aliphatic imine (C=N–C) groups is 1. The number of hydrogen-bond acceptors (Lipinski definition) is 6. The lowest BCUT2D eigenvalue weighted by Crippen LogP contribution is -2.27. The first-order valence-electron chi connectivity index (χ1n) is 5.73. The number of nitrogens with zero attached hydrogens (tertiary/aromatic N) is 1. The molecular weight excluding hydrogens is 240 g/mol. The van der Waals surface area contributed by atoms with Gasteiger partial charge < -0.3 is 31.8 Å². The zero-order chi connectivity index (χ0) is 13.8. The lowest BCUT2D eigenvalue weighted by molar-refractivity contribution is -0.146. The summed E-state index contributed by atoms with van der Waals surface area (Å²) >= 11 is 0. The van der Waals surface area contributed by atoms with E-state index < -0.39 is 12.1 Å². The van der Waals surface area contributed by atoms with Crippen LogP contribution in [0.25, 0.3) is 0 Å². The molecule has 0 aromatic rings. The number of hydrogen-bond donors (Lipinski definition) is 4. The zero-order valence-electron chi connectivity index (χ0n) is 10.4. The summed E-state index contributed by atoms with van der Waals surface area (Å²) in [5, 5.41) is 9.42. The van der Waals surface area contributed by atoms with E-state index in [1.165, 1.54) is 0 Å². The summed E-state index contributed by atoms with van der Waals surface area (Å²) < 4.78 is 9.89. The number of esters is 1. The highest BCUT2D eigenvalue weighted by Crippen LogP contribution is 1.92. The Labute approximate surface area is 106 Å². The van der Waals surface area contributed by atoms with Crippen LogP contribution in [0.4, 0.5) is 0 Å². The number of ether oxygens (including phenoxy) is 2. The van der Waals surface area contributed by atoms with E-state index in [4.69, 9.17) is 26.7 Å². The van der Waals surface area contributed by atoms with Crippen molar-refractivity contribution < 1.29 is 19.4 Å². The minimum atomic E-state index is -0.856. The van der Waals surface area contributed by atoms with Gasteiger partial charge in [-0.1, -0.05) is 0 Å². The lowest BCUT2D eigenvalue weighted by atomic mass is 10.3. The van der Waals surface area contributed by atoms with Crippen LogP contribution < -0.4 is 17.2 Å². The third kappa shape index (κ3) is 11.1. The first-order valence-corrected chi connectivity index (χ1v) is 5.73. The largest absolute Gasteiger partial charge is 0.461 e. The number of rotatable bonds is 10. The first-order chi connectivity index (χ1) is 8.56. The van der Waals surface area contributed by atoms with Gasteiger partial charge in [0.15, 0.2) is 5.96 Å². The molecule has 0 bridgehead atoms. The summed E-state index contributed by atoms with van der Waals surface area (Å²) in [7, 11) is 0. The number of aliphatic hydroxyl groups is 1. The van der Waals surface area contributed by atoms with Crippen LogP contribution in [0.1, 0.15) is 12.8 Å². The molecular formula is C10H22N4O4. The van der Waals surface area contributed by atoms with Crippen molar-refractivity contribution >= 4 is 11.9 Å². The van der Waals surface area contributed by atoms with Gasteiger partial charge in [-0.15, -0.1) is 0 Å². The summed E-state index contributed by atoms with van der Waals surface area (Å²) in [5.41, 5.74) is 15.4. The van der Waals surface area contributed by atoms with Crippen molar-refractivity contribution in [2.75, 3.05) is 32.9 Å². The van der Waals surface area contributed by atoms with Crippen LogP contribution >= 0.6 is 0 Å². The second-order valence-electron chi connectivity index (χ2n) is 3.65. The molecule has 0 aromatic heterocycles. The monoisotopic (exact) mass is 262 g/mol. The van der Waals surface area contributed by atoms with Gasteiger partial charge in [0, 0.05) is 6.61 Å². The number of unbranched alkanes of at least 4 members (excludes halogenated alkanes) is 1. The van der Waals surface area contributed by atoms with E-state index in [2.05, 4.69) is 4.99 Å². The average Bonchev–Trinajstić information content (AvgIpc) is 2.33. The number of nitrogens with two attached hydrogens (primary N) is 3. The minimum absolute atomic E-state index is 0.111. The molecule has 0 aromatic carbocycles. The Morgan fingerprint density at radius 1 is 1.28 bits per heavy atom. The van der Waals surface area contributed by atoms with Crippen LogP contribution in [0.2, 0.25) is 0 Å². The molecule has 0 saturated carbocycles. The van der Waals surface area contributed by atoms with Crippen molar-refractivity contribution in [1.82, 2.24) is 0 Å². The van der Waals surface area contributed by atoms with E-state index in [0.717, 1.165) is 12.8 Å². The zero-order valence-corrected chi connectivity index (χ0v) is 10.4. The third-order valence-corrected chi connectivity index (χ3v) is 1.88. The van der Waals surface area contributed by atoms with Gasteiger partial charge in [-0.25, -0.2) is 4.99 Å². The number of carbonyl (C=O) groups excluding carboxylic acids is 1. The lowest BCUT2D eigenvalue weighted by Gasteiger charge is -2.11. The minimum Gasteiger partial charge on any atom is -0.461 e. The fourth-order valence-electron chi connectivity index (χ4n) is 1.01. The Balaban J connectivity index is 3.49. The van der Waals surface area contributed by atoms with E-state index >= 15 is 0 Å². The normalized spacial score (nSPS) is 11.9. The molecule has 0 spiro atoms. The standard InChI is InChI=1S/C10H22N4O4/c11-3-1-2-4-17-6-8(15)7-18-9(16)5-14-10(12)13/h8,15H,1-7,11H2,(H4,12,13,14). The first kappa shape index (κ1) is 16.6.